The van der Waals surface area contributed by atoms with Crippen molar-refractivity contribution in [3.05, 3.63) is 0 Å². The van der Waals surface area contributed by atoms with E-state index in [0.717, 1.165) is 38.5 Å². The molecule has 72 valence electrons. The van der Waals surface area contributed by atoms with Gasteiger partial charge in [0.05, 0.1) is 0 Å². The molecule has 1 heterocycles. The van der Waals surface area contributed by atoms with Crippen LogP contribution in [0, 0.1) is 11.3 Å². The van der Waals surface area contributed by atoms with E-state index in [2.05, 4.69) is 13.8 Å². The molecular weight excluding hydrogens is 150 g/mol. The Labute approximate surface area is 75.5 Å². The molecule has 0 spiro atoms. The molecule has 0 aliphatic carbocycles. The van der Waals surface area contributed by atoms with Crippen LogP contribution in [0.25, 0.3) is 0 Å². The van der Waals surface area contributed by atoms with Gasteiger partial charge in [0, 0.05) is 13.2 Å². The first kappa shape index (κ1) is 10.0. The molecule has 0 amide bonds. The van der Waals surface area contributed by atoms with Gasteiger partial charge in [-0.25, -0.2) is 0 Å². The maximum absolute atomic E-state index is 5.86. The maximum Gasteiger partial charge on any atom is 0.0471 e. The van der Waals surface area contributed by atoms with Gasteiger partial charge in [-0.3, -0.25) is 0 Å². The monoisotopic (exact) mass is 171 g/mol. The summed E-state index contributed by atoms with van der Waals surface area (Å²) in [6, 6.07) is 0. The second kappa shape index (κ2) is 4.24. The lowest BCUT2D eigenvalue weighted by Gasteiger charge is -2.41. The first-order valence-electron chi connectivity index (χ1n) is 5.03. The van der Waals surface area contributed by atoms with Crippen molar-refractivity contribution in [2.75, 3.05) is 19.8 Å². The first-order valence-corrected chi connectivity index (χ1v) is 5.03. The molecule has 1 saturated heterocycles. The average Bonchev–Trinajstić information content (AvgIpc) is 2.17. The lowest BCUT2D eigenvalue weighted by atomic mass is 9.69. The molecule has 0 saturated carbocycles. The molecule has 1 aliphatic heterocycles. The summed E-state index contributed by atoms with van der Waals surface area (Å²) in [7, 11) is 0. The molecule has 1 aliphatic rings. The Bertz CT molecular complexity index is 130. The predicted octanol–water partition coefficient (Wildman–Crippen LogP) is 1.79. The van der Waals surface area contributed by atoms with Crippen LogP contribution in [0.4, 0.5) is 0 Å². The third-order valence-corrected chi connectivity index (χ3v) is 3.55. The van der Waals surface area contributed by atoms with Gasteiger partial charge in [0.15, 0.2) is 0 Å². The standard InChI is InChI=1S/C10H21NO/c1-3-9(2)10(8-11)4-6-12-7-5-10/h9H,3-8,11H2,1-2H3. The SMILES string of the molecule is CCC(C)C1(CN)CCOCC1. The van der Waals surface area contributed by atoms with Crippen molar-refractivity contribution >= 4 is 0 Å². The van der Waals surface area contributed by atoms with Crippen LogP contribution in [0.3, 0.4) is 0 Å². The van der Waals surface area contributed by atoms with E-state index in [-0.39, 0.29) is 0 Å². The number of ether oxygens (including phenoxy) is 1. The summed E-state index contributed by atoms with van der Waals surface area (Å²) >= 11 is 0. The van der Waals surface area contributed by atoms with Gasteiger partial charge in [0.1, 0.15) is 0 Å². The molecule has 1 fully saturated rings. The Hall–Kier alpha value is -0.0800. The molecule has 0 bridgehead atoms. The number of rotatable bonds is 3. The first-order chi connectivity index (χ1) is 5.75. The van der Waals surface area contributed by atoms with E-state index in [9.17, 15) is 0 Å². The summed E-state index contributed by atoms with van der Waals surface area (Å²) in [6.07, 6.45) is 3.54. The summed E-state index contributed by atoms with van der Waals surface area (Å²) in [5, 5.41) is 0. The van der Waals surface area contributed by atoms with E-state index >= 15 is 0 Å². The Balaban J connectivity index is 2.59. The van der Waals surface area contributed by atoms with Crippen LogP contribution in [0.1, 0.15) is 33.1 Å². The molecule has 12 heavy (non-hydrogen) atoms. The van der Waals surface area contributed by atoms with Gasteiger partial charge >= 0.3 is 0 Å². The summed E-state index contributed by atoms with van der Waals surface area (Å²) in [5.41, 5.74) is 6.24. The topological polar surface area (TPSA) is 35.2 Å². The second-order valence-corrected chi connectivity index (χ2v) is 3.99. The predicted molar refractivity (Wildman–Crippen MR) is 51.0 cm³/mol. The lowest BCUT2D eigenvalue weighted by molar-refractivity contribution is -0.0101. The molecule has 0 radical (unpaired) electrons. The molecule has 1 rings (SSSR count). The summed E-state index contributed by atoms with van der Waals surface area (Å²) in [6.45, 7) is 7.20. The van der Waals surface area contributed by atoms with Gasteiger partial charge < -0.3 is 10.5 Å². The van der Waals surface area contributed by atoms with Crippen LogP contribution >= 0.6 is 0 Å². The van der Waals surface area contributed by atoms with Crippen molar-refractivity contribution in [3.63, 3.8) is 0 Å². The quantitative estimate of drug-likeness (QED) is 0.702. The van der Waals surface area contributed by atoms with Gasteiger partial charge in [-0.05, 0) is 30.7 Å². The fraction of sp³-hybridized carbons (Fsp3) is 1.00. The highest BCUT2D eigenvalue weighted by molar-refractivity contribution is 4.86. The second-order valence-electron chi connectivity index (χ2n) is 3.99. The zero-order valence-corrected chi connectivity index (χ0v) is 8.31. The van der Waals surface area contributed by atoms with Gasteiger partial charge in [0.2, 0.25) is 0 Å². The maximum atomic E-state index is 5.86. The van der Waals surface area contributed by atoms with E-state index in [4.69, 9.17) is 10.5 Å². The van der Waals surface area contributed by atoms with Gasteiger partial charge in [-0.2, -0.15) is 0 Å². The third-order valence-electron chi connectivity index (χ3n) is 3.55. The highest BCUT2D eigenvalue weighted by atomic mass is 16.5. The zero-order chi connectivity index (χ0) is 9.03. The van der Waals surface area contributed by atoms with Crippen LogP contribution in [0.2, 0.25) is 0 Å². The van der Waals surface area contributed by atoms with Crippen LogP contribution in [-0.2, 0) is 4.74 Å². The van der Waals surface area contributed by atoms with Crippen molar-refractivity contribution in [1.82, 2.24) is 0 Å². The lowest BCUT2D eigenvalue weighted by Crippen LogP contribution is -2.41. The molecular formula is C10H21NO. The van der Waals surface area contributed by atoms with Crippen LogP contribution in [0.15, 0.2) is 0 Å². The van der Waals surface area contributed by atoms with Crippen molar-refractivity contribution in [1.29, 1.82) is 0 Å². The van der Waals surface area contributed by atoms with Crippen molar-refractivity contribution in [2.45, 2.75) is 33.1 Å². The zero-order valence-electron chi connectivity index (χ0n) is 8.31. The molecule has 0 aromatic heterocycles. The molecule has 0 aromatic carbocycles. The number of hydrogen-bond donors (Lipinski definition) is 1. The largest absolute Gasteiger partial charge is 0.381 e. The Morgan fingerprint density at radius 2 is 2.00 bits per heavy atom. The minimum absolute atomic E-state index is 0.382. The van der Waals surface area contributed by atoms with E-state index < -0.39 is 0 Å². The average molecular weight is 171 g/mol. The molecule has 1 atom stereocenters. The molecule has 2 nitrogen and oxygen atoms in total. The van der Waals surface area contributed by atoms with Crippen molar-refractivity contribution < 1.29 is 4.74 Å². The number of hydrogen-bond acceptors (Lipinski definition) is 2. The molecule has 2 heteroatoms. The normalized spacial score (nSPS) is 25.2. The fourth-order valence-electron chi connectivity index (χ4n) is 2.11. The van der Waals surface area contributed by atoms with Gasteiger partial charge in [-0.15, -0.1) is 0 Å². The van der Waals surface area contributed by atoms with Crippen LogP contribution in [-0.4, -0.2) is 19.8 Å². The minimum atomic E-state index is 0.382. The highest BCUT2D eigenvalue weighted by Gasteiger charge is 2.35. The Morgan fingerprint density at radius 3 is 2.42 bits per heavy atom. The van der Waals surface area contributed by atoms with Gasteiger partial charge in [0.25, 0.3) is 0 Å². The molecule has 0 aromatic rings. The van der Waals surface area contributed by atoms with Crippen molar-refractivity contribution in [2.24, 2.45) is 17.1 Å². The summed E-state index contributed by atoms with van der Waals surface area (Å²) in [4.78, 5) is 0. The van der Waals surface area contributed by atoms with Crippen LogP contribution < -0.4 is 5.73 Å². The van der Waals surface area contributed by atoms with E-state index in [0.29, 0.717) is 5.41 Å². The van der Waals surface area contributed by atoms with Crippen molar-refractivity contribution in [3.8, 4) is 0 Å². The Morgan fingerprint density at radius 1 is 1.42 bits per heavy atom. The third kappa shape index (κ3) is 1.80. The summed E-state index contributed by atoms with van der Waals surface area (Å²) in [5.74, 6) is 0.742. The molecule has 1 unspecified atom stereocenters. The number of nitrogens with two attached hydrogens (primary N) is 1. The van der Waals surface area contributed by atoms with Gasteiger partial charge in [-0.1, -0.05) is 20.3 Å². The van der Waals surface area contributed by atoms with Crippen LogP contribution in [0.5, 0.6) is 0 Å². The minimum Gasteiger partial charge on any atom is -0.381 e. The van der Waals surface area contributed by atoms with E-state index in [1.807, 2.05) is 0 Å². The van der Waals surface area contributed by atoms with E-state index in [1.54, 1.807) is 0 Å². The highest BCUT2D eigenvalue weighted by Crippen LogP contribution is 2.38. The fourth-order valence-corrected chi connectivity index (χ4v) is 2.11. The molecule has 2 N–H and O–H groups in total. The smallest absolute Gasteiger partial charge is 0.0471 e. The van der Waals surface area contributed by atoms with E-state index in [1.165, 1.54) is 6.42 Å². The summed E-state index contributed by atoms with van der Waals surface area (Å²) < 4.78 is 5.37. The Kier molecular flexibility index (Phi) is 3.53.